The molecule has 1 aromatic rings. The molecule has 0 amide bonds. The van der Waals surface area contributed by atoms with E-state index in [1.165, 1.54) is 36.0 Å². The van der Waals surface area contributed by atoms with Crippen molar-refractivity contribution in [2.24, 2.45) is 0 Å². The predicted octanol–water partition coefficient (Wildman–Crippen LogP) is 1.52. The Morgan fingerprint density at radius 1 is 1.06 bits per heavy atom. The van der Waals surface area contributed by atoms with Crippen molar-refractivity contribution in [3.63, 3.8) is 0 Å². The Kier molecular flexibility index (Phi) is 11.7. The topological polar surface area (TPSA) is 23.5 Å². The van der Waals surface area contributed by atoms with Crippen molar-refractivity contribution in [2.45, 2.75) is 19.3 Å². The molecule has 1 saturated heterocycles. The lowest BCUT2D eigenvalue weighted by Crippen LogP contribution is -2.31. The van der Waals surface area contributed by atoms with Gasteiger partial charge < -0.3 is 10.0 Å². The zero-order chi connectivity index (χ0) is 11.6. The Morgan fingerprint density at radius 3 is 2.06 bits per heavy atom. The monoisotopic (exact) mass is 310 g/mol. The SMILES string of the molecule is Br.OCCN1CCCCC1.[Mg+2][c]1ccccc1. The first-order valence-electron chi connectivity index (χ1n) is 6.03. The van der Waals surface area contributed by atoms with E-state index in [0.717, 1.165) is 6.54 Å². The van der Waals surface area contributed by atoms with Crippen LogP contribution < -0.4 is 3.69 Å². The van der Waals surface area contributed by atoms with E-state index < -0.39 is 0 Å². The molecule has 1 aliphatic heterocycles. The van der Waals surface area contributed by atoms with Gasteiger partial charge in [-0.3, -0.25) is 0 Å². The molecule has 1 aliphatic rings. The molecule has 91 valence electrons. The smallest absolute Gasteiger partial charge is 0.395 e. The van der Waals surface area contributed by atoms with Gasteiger partial charge in [-0.05, 0) is 25.9 Å². The Labute approximate surface area is 128 Å². The molecule has 0 aromatic heterocycles. The summed E-state index contributed by atoms with van der Waals surface area (Å²) >= 11 is 1.90. The molecule has 1 heterocycles. The highest BCUT2D eigenvalue weighted by molar-refractivity contribution is 8.93. The van der Waals surface area contributed by atoms with Crippen molar-refractivity contribution >= 4 is 42.4 Å². The standard InChI is InChI=1S/C7H15NO.C6H5.BrH.Mg/c9-7-6-8-4-2-1-3-5-8;1-2-4-6-5-3-1;;/h9H,1-7H2;1-5H;1H;/q;;;+2. The number of aliphatic hydroxyl groups excluding tert-OH is 1. The first-order chi connectivity index (χ1) is 7.83. The van der Waals surface area contributed by atoms with Gasteiger partial charge in [0.2, 0.25) is 0 Å². The number of piperidine rings is 1. The zero-order valence-corrected chi connectivity index (χ0v) is 13.5. The van der Waals surface area contributed by atoms with Crippen molar-refractivity contribution in [2.75, 3.05) is 26.2 Å². The van der Waals surface area contributed by atoms with Crippen LogP contribution in [0.3, 0.4) is 0 Å². The van der Waals surface area contributed by atoms with Crippen molar-refractivity contribution in [1.82, 2.24) is 4.90 Å². The molecule has 1 fully saturated rings. The lowest BCUT2D eigenvalue weighted by molar-refractivity contribution is 0.173. The van der Waals surface area contributed by atoms with Crippen LogP contribution in [0.4, 0.5) is 0 Å². The van der Waals surface area contributed by atoms with Crippen LogP contribution in [-0.4, -0.2) is 58.0 Å². The Balaban J connectivity index is 0.000000292. The van der Waals surface area contributed by atoms with Gasteiger partial charge in [-0.2, -0.15) is 0 Å². The number of hydrogen-bond donors (Lipinski definition) is 1. The summed E-state index contributed by atoms with van der Waals surface area (Å²) in [5.74, 6) is 0. The second-order valence-electron chi connectivity index (χ2n) is 4.11. The fraction of sp³-hybridized carbons (Fsp3) is 0.538. The molecule has 0 saturated carbocycles. The van der Waals surface area contributed by atoms with E-state index in [-0.39, 0.29) is 17.0 Å². The van der Waals surface area contributed by atoms with E-state index in [0.29, 0.717) is 6.61 Å². The first-order valence-corrected chi connectivity index (χ1v) is 6.74. The Morgan fingerprint density at radius 2 is 1.65 bits per heavy atom. The molecule has 1 N–H and O–H groups in total. The molecule has 0 aliphatic carbocycles. The maximum Gasteiger partial charge on any atom is 1.47 e. The van der Waals surface area contributed by atoms with Crippen LogP contribution >= 0.6 is 17.0 Å². The molecule has 2 rings (SSSR count). The number of β-amino-alcohol motifs (C(OH)–C–C–N with tert-alkyl or cyclic N) is 1. The van der Waals surface area contributed by atoms with Crippen LogP contribution in [0.25, 0.3) is 0 Å². The Hall–Kier alpha value is 0.386. The minimum atomic E-state index is 0. The number of benzene rings is 1. The van der Waals surface area contributed by atoms with Crippen LogP contribution in [0.5, 0.6) is 0 Å². The molecule has 4 heteroatoms. The van der Waals surface area contributed by atoms with Gasteiger partial charge in [0.25, 0.3) is 0 Å². The molecule has 17 heavy (non-hydrogen) atoms. The number of rotatable bonds is 2. The fourth-order valence-electron chi connectivity index (χ4n) is 1.80. The second kappa shape index (κ2) is 11.5. The van der Waals surface area contributed by atoms with Gasteiger partial charge in [0.05, 0.1) is 6.61 Å². The lowest BCUT2D eigenvalue weighted by atomic mass is 10.1. The number of nitrogens with zero attached hydrogens (tertiary/aromatic N) is 1. The molecular weight excluding hydrogens is 290 g/mol. The third-order valence-corrected chi connectivity index (χ3v) is 3.18. The maximum absolute atomic E-state index is 8.58. The molecule has 1 aromatic carbocycles. The minimum absolute atomic E-state index is 0. The summed E-state index contributed by atoms with van der Waals surface area (Å²) in [5, 5.41) is 8.58. The summed E-state index contributed by atoms with van der Waals surface area (Å²) in [4.78, 5) is 2.32. The number of halogens is 1. The van der Waals surface area contributed by atoms with E-state index in [1.54, 1.807) is 0 Å². The first kappa shape index (κ1) is 17.4. The highest BCUT2D eigenvalue weighted by atomic mass is 79.9. The molecule has 2 nitrogen and oxygen atoms in total. The quantitative estimate of drug-likeness (QED) is 0.837. The van der Waals surface area contributed by atoms with Gasteiger partial charge in [-0.25, -0.2) is 0 Å². The van der Waals surface area contributed by atoms with Crippen LogP contribution in [0.1, 0.15) is 19.3 Å². The highest BCUT2D eigenvalue weighted by Gasteiger charge is 2.28. The van der Waals surface area contributed by atoms with E-state index >= 15 is 0 Å². The average molecular weight is 312 g/mol. The van der Waals surface area contributed by atoms with Crippen LogP contribution in [0.2, 0.25) is 0 Å². The van der Waals surface area contributed by atoms with Gasteiger partial charge >= 0.3 is 25.4 Å². The number of hydrogen-bond acceptors (Lipinski definition) is 2. The van der Waals surface area contributed by atoms with E-state index in [9.17, 15) is 0 Å². The highest BCUT2D eigenvalue weighted by Crippen LogP contribution is 2.06. The summed E-state index contributed by atoms with van der Waals surface area (Å²) in [6.07, 6.45) is 4.02. The minimum Gasteiger partial charge on any atom is -0.395 e. The molecule has 0 atom stereocenters. The van der Waals surface area contributed by atoms with Gasteiger partial charge in [0, 0.05) is 18.7 Å². The van der Waals surface area contributed by atoms with Crippen LogP contribution in [-0.2, 0) is 0 Å². The molecular formula is C13H21BrMgNO+2. The number of likely N-dealkylation sites (tertiary alicyclic amines) is 1. The lowest BCUT2D eigenvalue weighted by Gasteiger charge is -2.25. The van der Waals surface area contributed by atoms with Gasteiger partial charge in [-0.1, -0.05) is 24.6 Å². The van der Waals surface area contributed by atoms with E-state index in [2.05, 4.69) is 17.0 Å². The largest absolute Gasteiger partial charge is 1.47 e. The average Bonchev–Trinajstić information content (AvgIpc) is 2.33. The zero-order valence-electron chi connectivity index (χ0n) is 10.3. The summed E-state index contributed by atoms with van der Waals surface area (Å²) in [5.41, 5.74) is 0. The van der Waals surface area contributed by atoms with Crippen molar-refractivity contribution in [3.05, 3.63) is 30.3 Å². The molecule has 7 radical (unpaired) electrons. The summed E-state index contributed by atoms with van der Waals surface area (Å²) < 4.78 is 1.35. The molecule has 0 bridgehead atoms. The summed E-state index contributed by atoms with van der Waals surface area (Å²) in [7, 11) is 0. The summed E-state index contributed by atoms with van der Waals surface area (Å²) in [6, 6.07) is 10.3. The van der Waals surface area contributed by atoms with E-state index in [1.807, 2.05) is 39.9 Å². The van der Waals surface area contributed by atoms with Crippen molar-refractivity contribution in [1.29, 1.82) is 0 Å². The van der Waals surface area contributed by atoms with Gasteiger partial charge in [0.15, 0.2) is 0 Å². The summed E-state index contributed by atoms with van der Waals surface area (Å²) in [6.45, 7) is 3.58. The third kappa shape index (κ3) is 9.02. The van der Waals surface area contributed by atoms with Crippen molar-refractivity contribution in [3.8, 4) is 0 Å². The van der Waals surface area contributed by atoms with Crippen LogP contribution in [0.15, 0.2) is 30.3 Å². The van der Waals surface area contributed by atoms with Crippen molar-refractivity contribution < 1.29 is 5.11 Å². The second-order valence-corrected chi connectivity index (χ2v) is 4.93. The maximum atomic E-state index is 8.58. The normalized spacial score (nSPS) is 15.4. The third-order valence-electron chi connectivity index (χ3n) is 2.71. The van der Waals surface area contributed by atoms with Gasteiger partial charge in [0.1, 0.15) is 0 Å². The van der Waals surface area contributed by atoms with E-state index in [4.69, 9.17) is 5.11 Å². The fourth-order valence-corrected chi connectivity index (χ4v) is 2.07. The molecule has 0 unspecified atom stereocenters. The molecule has 0 spiro atoms. The van der Waals surface area contributed by atoms with Crippen LogP contribution in [0, 0.1) is 0 Å². The Bertz CT molecular complexity index is 263. The number of aliphatic hydroxyl groups is 1. The predicted molar refractivity (Wildman–Crippen MR) is 79.5 cm³/mol. The van der Waals surface area contributed by atoms with Gasteiger partial charge in [-0.15, -0.1) is 17.0 Å².